The summed E-state index contributed by atoms with van der Waals surface area (Å²) in [6.45, 7) is 3.52. The molecule has 0 amide bonds. The van der Waals surface area contributed by atoms with E-state index in [1.165, 1.54) is 12.8 Å². The summed E-state index contributed by atoms with van der Waals surface area (Å²) in [4.78, 5) is 34.6. The molecule has 0 saturated heterocycles. The van der Waals surface area contributed by atoms with Crippen LogP contribution in [0.5, 0.6) is 0 Å². The molecule has 10 heteroatoms. The molecule has 0 aromatic rings. The van der Waals surface area contributed by atoms with Crippen molar-refractivity contribution in [3.63, 3.8) is 0 Å². The lowest BCUT2D eigenvalue weighted by Gasteiger charge is -2.19. The third-order valence-corrected chi connectivity index (χ3v) is 8.18. The Labute approximate surface area is 286 Å². The van der Waals surface area contributed by atoms with Gasteiger partial charge in [-0.1, -0.05) is 114 Å². The van der Waals surface area contributed by atoms with Crippen molar-refractivity contribution in [2.45, 2.75) is 148 Å². The minimum atomic E-state index is -4.37. The van der Waals surface area contributed by atoms with Crippen LogP contribution in [0.4, 0.5) is 0 Å². The first-order chi connectivity index (χ1) is 22.8. The van der Waals surface area contributed by atoms with E-state index in [0.29, 0.717) is 12.8 Å². The van der Waals surface area contributed by atoms with Gasteiger partial charge < -0.3 is 20.1 Å². The zero-order valence-corrected chi connectivity index (χ0v) is 30.4. The van der Waals surface area contributed by atoms with Crippen LogP contribution in [0.1, 0.15) is 142 Å². The fourth-order valence-corrected chi connectivity index (χ4v) is 5.27. The minimum absolute atomic E-state index is 0.0477. The molecule has 47 heavy (non-hydrogen) atoms. The summed E-state index contributed by atoms with van der Waals surface area (Å²) in [7, 11) is -4.37. The van der Waals surface area contributed by atoms with E-state index in [4.69, 9.17) is 24.3 Å². The Morgan fingerprint density at radius 1 is 0.660 bits per heavy atom. The largest absolute Gasteiger partial charge is 0.472 e. The summed E-state index contributed by atoms with van der Waals surface area (Å²) in [5.74, 6) is -0.866. The number of allylic oxidation sites excluding steroid dienone is 8. The molecule has 9 nitrogen and oxygen atoms in total. The number of esters is 2. The SMILES string of the molecule is CC/C=C\C/C=C\C/C=C\CCCCCCCC(=O)OC[C@H](COP(=O)(O)OCCN)OC(=O)CCCCCCC/C=C\CCCC. The van der Waals surface area contributed by atoms with Gasteiger partial charge in [0.05, 0.1) is 13.2 Å². The van der Waals surface area contributed by atoms with E-state index >= 15 is 0 Å². The van der Waals surface area contributed by atoms with E-state index in [-0.39, 0.29) is 32.6 Å². The van der Waals surface area contributed by atoms with E-state index in [2.05, 4.69) is 62.5 Å². The Morgan fingerprint density at radius 2 is 1.17 bits per heavy atom. The molecule has 0 aliphatic carbocycles. The van der Waals surface area contributed by atoms with Gasteiger partial charge >= 0.3 is 19.8 Å². The zero-order chi connectivity index (χ0) is 34.7. The highest BCUT2D eigenvalue weighted by atomic mass is 31.2. The van der Waals surface area contributed by atoms with Gasteiger partial charge in [0, 0.05) is 19.4 Å². The van der Waals surface area contributed by atoms with Crippen molar-refractivity contribution in [2.24, 2.45) is 5.73 Å². The van der Waals surface area contributed by atoms with Crippen LogP contribution in [-0.2, 0) is 32.7 Å². The van der Waals surface area contributed by atoms with Crippen LogP contribution in [-0.4, -0.2) is 49.3 Å². The number of hydrogen-bond acceptors (Lipinski definition) is 8. The average molecular weight is 684 g/mol. The number of unbranched alkanes of at least 4 members (excludes halogenated alkanes) is 12. The maximum Gasteiger partial charge on any atom is 0.472 e. The molecule has 0 aromatic carbocycles. The number of carbonyl (C=O) groups excluding carboxylic acids is 2. The van der Waals surface area contributed by atoms with Crippen molar-refractivity contribution in [1.29, 1.82) is 0 Å². The predicted molar refractivity (Wildman–Crippen MR) is 192 cm³/mol. The Kier molecular flexibility index (Phi) is 32.4. The molecule has 0 aromatic heterocycles. The summed E-state index contributed by atoms with van der Waals surface area (Å²) in [5, 5.41) is 0. The second kappa shape index (κ2) is 33.9. The van der Waals surface area contributed by atoms with Gasteiger partial charge in [0.15, 0.2) is 6.10 Å². The molecular weight excluding hydrogens is 617 g/mol. The molecule has 0 rings (SSSR count). The molecule has 0 spiro atoms. The second-order valence-corrected chi connectivity index (χ2v) is 13.2. The number of carbonyl (C=O) groups is 2. The van der Waals surface area contributed by atoms with E-state index in [1.54, 1.807) is 0 Å². The molecule has 0 aliphatic heterocycles. The molecule has 272 valence electrons. The van der Waals surface area contributed by atoms with Crippen molar-refractivity contribution in [3.8, 4) is 0 Å². The van der Waals surface area contributed by atoms with Gasteiger partial charge in [-0.25, -0.2) is 4.57 Å². The molecule has 3 N–H and O–H groups in total. The Hall–Kier alpha value is -2.03. The first-order valence-electron chi connectivity index (χ1n) is 18.1. The molecule has 0 bridgehead atoms. The maximum atomic E-state index is 12.5. The highest BCUT2D eigenvalue weighted by Gasteiger charge is 2.25. The summed E-state index contributed by atoms with van der Waals surface area (Å²) < 4.78 is 32.5. The van der Waals surface area contributed by atoms with Gasteiger partial charge in [-0.15, -0.1) is 0 Å². The van der Waals surface area contributed by atoms with Crippen LogP contribution in [0.15, 0.2) is 48.6 Å². The molecule has 0 fully saturated rings. The number of hydrogen-bond donors (Lipinski definition) is 2. The quantitative estimate of drug-likeness (QED) is 0.0300. The number of rotatable bonds is 33. The molecule has 1 unspecified atom stereocenters. The highest BCUT2D eigenvalue weighted by molar-refractivity contribution is 7.47. The number of nitrogens with two attached hydrogens (primary N) is 1. The number of phosphoric ester groups is 1. The fraction of sp³-hybridized carbons (Fsp3) is 0.730. The lowest BCUT2D eigenvalue weighted by molar-refractivity contribution is -0.161. The lowest BCUT2D eigenvalue weighted by Crippen LogP contribution is -2.29. The normalized spacial score (nSPS) is 14.0. The van der Waals surface area contributed by atoms with Crippen molar-refractivity contribution in [2.75, 3.05) is 26.4 Å². The molecule has 0 saturated carbocycles. The van der Waals surface area contributed by atoms with Crippen molar-refractivity contribution < 1.29 is 37.6 Å². The summed E-state index contributed by atoms with van der Waals surface area (Å²) >= 11 is 0. The third kappa shape index (κ3) is 33.7. The molecule has 0 heterocycles. The number of ether oxygens (including phenoxy) is 2. The fourth-order valence-electron chi connectivity index (χ4n) is 4.51. The maximum absolute atomic E-state index is 12.5. The molecule has 0 aliphatic rings. The average Bonchev–Trinajstić information content (AvgIpc) is 3.05. The smallest absolute Gasteiger partial charge is 0.462 e. The van der Waals surface area contributed by atoms with Crippen LogP contribution < -0.4 is 5.73 Å². The minimum Gasteiger partial charge on any atom is -0.462 e. The third-order valence-electron chi connectivity index (χ3n) is 7.20. The van der Waals surface area contributed by atoms with E-state index in [1.807, 2.05) is 0 Å². The topological polar surface area (TPSA) is 134 Å². The van der Waals surface area contributed by atoms with Crippen molar-refractivity contribution in [3.05, 3.63) is 48.6 Å². The Morgan fingerprint density at radius 3 is 1.77 bits per heavy atom. The van der Waals surface area contributed by atoms with E-state index in [0.717, 1.165) is 89.9 Å². The van der Waals surface area contributed by atoms with E-state index < -0.39 is 32.5 Å². The van der Waals surface area contributed by atoms with Crippen LogP contribution in [0.2, 0.25) is 0 Å². The van der Waals surface area contributed by atoms with Crippen molar-refractivity contribution >= 4 is 19.8 Å². The second-order valence-electron chi connectivity index (χ2n) is 11.7. The summed E-state index contributed by atoms with van der Waals surface area (Å²) in [6, 6.07) is 0. The van der Waals surface area contributed by atoms with Gasteiger partial charge in [0.25, 0.3) is 0 Å². The van der Waals surface area contributed by atoms with Crippen LogP contribution in [0, 0.1) is 0 Å². The Balaban J connectivity index is 4.28. The van der Waals surface area contributed by atoms with Gasteiger partial charge in [-0.3, -0.25) is 18.6 Å². The van der Waals surface area contributed by atoms with Crippen molar-refractivity contribution in [1.82, 2.24) is 0 Å². The monoisotopic (exact) mass is 683 g/mol. The standard InChI is InChI=1S/C37H66NO8P/c1-3-5-7-9-11-13-15-16-17-18-20-21-23-25-27-29-36(39)43-33-35(34-45-47(41,42)44-32-31-38)46-37(40)30-28-26-24-22-19-14-12-10-8-6-4-2/h5,7,10-13,16-17,35H,3-4,6,8-9,14-15,18-34,38H2,1-2H3,(H,41,42)/b7-5-,12-10-,13-11-,17-16-/t35-/m1/s1. The lowest BCUT2D eigenvalue weighted by atomic mass is 10.1. The zero-order valence-electron chi connectivity index (χ0n) is 29.5. The van der Waals surface area contributed by atoms with Gasteiger partial charge in [0.2, 0.25) is 0 Å². The Bertz CT molecular complexity index is 918. The van der Waals surface area contributed by atoms with Gasteiger partial charge in [0.1, 0.15) is 6.61 Å². The molecule has 2 atom stereocenters. The molecular formula is C37H66NO8P. The van der Waals surface area contributed by atoms with E-state index in [9.17, 15) is 19.0 Å². The van der Waals surface area contributed by atoms with Crippen LogP contribution in [0.25, 0.3) is 0 Å². The highest BCUT2D eigenvalue weighted by Crippen LogP contribution is 2.43. The van der Waals surface area contributed by atoms with Gasteiger partial charge in [-0.2, -0.15) is 0 Å². The first kappa shape index (κ1) is 45.0. The first-order valence-corrected chi connectivity index (χ1v) is 19.6. The van der Waals surface area contributed by atoms with Crippen LogP contribution in [0.3, 0.4) is 0 Å². The number of phosphoric acid groups is 1. The molecule has 0 radical (unpaired) electrons. The predicted octanol–water partition coefficient (Wildman–Crippen LogP) is 9.60. The van der Waals surface area contributed by atoms with Crippen LogP contribution >= 0.6 is 7.82 Å². The summed E-state index contributed by atoms with van der Waals surface area (Å²) in [6.07, 6.45) is 35.7. The summed E-state index contributed by atoms with van der Waals surface area (Å²) in [5.41, 5.74) is 5.32. The van der Waals surface area contributed by atoms with Gasteiger partial charge in [-0.05, 0) is 64.2 Å².